The van der Waals surface area contributed by atoms with E-state index in [9.17, 15) is 19.2 Å². The fourth-order valence-electron chi connectivity index (χ4n) is 6.24. The number of halogens is 1. The van der Waals surface area contributed by atoms with Gasteiger partial charge in [-0.2, -0.15) is 0 Å². The van der Waals surface area contributed by atoms with Crippen LogP contribution in [0.15, 0.2) is 36.4 Å². The predicted molar refractivity (Wildman–Crippen MR) is 148 cm³/mol. The van der Waals surface area contributed by atoms with Crippen LogP contribution in [0.5, 0.6) is 0 Å². The summed E-state index contributed by atoms with van der Waals surface area (Å²) in [5.41, 5.74) is 6.82. The Morgan fingerprint density at radius 3 is 2.49 bits per heavy atom. The number of rotatable bonds is 6. The zero-order valence-corrected chi connectivity index (χ0v) is 24.0. The lowest BCUT2D eigenvalue weighted by Crippen LogP contribution is -2.57. The SMILES string of the molecule is CC(C)(C)OC(=O)N1C2CC[C@@H](C2)[C@H]1C(=O)N[C@@H](Cc1ccc(-c2ccc3c(c2)C(C)(C)OC3=O)cc1F)C(N)=O. The lowest BCUT2D eigenvalue weighted by atomic mass is 9.91. The maximum absolute atomic E-state index is 15.3. The van der Waals surface area contributed by atoms with E-state index in [0.717, 1.165) is 18.4 Å². The molecule has 3 aliphatic rings. The van der Waals surface area contributed by atoms with Crippen molar-refractivity contribution in [3.05, 3.63) is 58.9 Å². The van der Waals surface area contributed by atoms with E-state index in [1.54, 1.807) is 58.9 Å². The smallest absolute Gasteiger partial charge is 0.411 e. The first kappa shape index (κ1) is 28.6. The molecular weight excluding hydrogens is 529 g/mol. The van der Waals surface area contributed by atoms with Gasteiger partial charge in [0.1, 0.15) is 29.1 Å². The van der Waals surface area contributed by atoms with E-state index in [4.69, 9.17) is 15.2 Å². The summed E-state index contributed by atoms with van der Waals surface area (Å²) in [7, 11) is 0. The number of nitrogens with one attached hydrogen (secondary N) is 1. The molecule has 1 aliphatic carbocycles. The van der Waals surface area contributed by atoms with Crippen molar-refractivity contribution in [1.29, 1.82) is 0 Å². The van der Waals surface area contributed by atoms with Gasteiger partial charge in [-0.05, 0) is 94.7 Å². The van der Waals surface area contributed by atoms with Gasteiger partial charge in [-0.1, -0.05) is 18.2 Å². The molecule has 1 unspecified atom stereocenters. The first-order valence-corrected chi connectivity index (χ1v) is 13.9. The topological polar surface area (TPSA) is 128 Å². The Morgan fingerprint density at radius 2 is 1.83 bits per heavy atom. The molecule has 4 atom stereocenters. The zero-order valence-electron chi connectivity index (χ0n) is 24.0. The van der Waals surface area contributed by atoms with Gasteiger partial charge in [0, 0.05) is 18.0 Å². The molecule has 41 heavy (non-hydrogen) atoms. The van der Waals surface area contributed by atoms with E-state index in [1.165, 1.54) is 11.0 Å². The number of carbonyl (C=O) groups excluding carboxylic acids is 4. The number of carbonyl (C=O) groups is 4. The molecule has 5 rings (SSSR count). The number of nitrogens with two attached hydrogens (primary N) is 1. The van der Waals surface area contributed by atoms with E-state index in [1.807, 2.05) is 6.07 Å². The number of hydrogen-bond donors (Lipinski definition) is 2. The van der Waals surface area contributed by atoms with Gasteiger partial charge in [0.2, 0.25) is 11.8 Å². The van der Waals surface area contributed by atoms with Crippen LogP contribution in [0.25, 0.3) is 11.1 Å². The fraction of sp³-hybridized carbons (Fsp3) is 0.484. The molecule has 0 spiro atoms. The van der Waals surface area contributed by atoms with Gasteiger partial charge < -0.3 is 20.5 Å². The lowest BCUT2D eigenvalue weighted by molar-refractivity contribution is -0.132. The van der Waals surface area contributed by atoms with Crippen LogP contribution in [0.2, 0.25) is 0 Å². The van der Waals surface area contributed by atoms with E-state index in [-0.39, 0.29) is 23.9 Å². The Balaban J connectivity index is 1.32. The van der Waals surface area contributed by atoms with Crippen LogP contribution in [0.1, 0.15) is 75.4 Å². The number of cyclic esters (lactones) is 1. The Labute approximate surface area is 238 Å². The monoisotopic (exact) mass is 565 g/mol. The first-order valence-electron chi connectivity index (χ1n) is 13.9. The lowest BCUT2D eigenvalue weighted by Gasteiger charge is -2.36. The number of likely N-dealkylation sites (tertiary alicyclic amines) is 1. The van der Waals surface area contributed by atoms with Crippen molar-refractivity contribution < 1.29 is 33.0 Å². The molecule has 3 amide bonds. The molecule has 0 radical (unpaired) electrons. The Bertz CT molecular complexity index is 1430. The molecule has 3 N–H and O–H groups in total. The van der Waals surface area contributed by atoms with Gasteiger partial charge in [-0.15, -0.1) is 0 Å². The van der Waals surface area contributed by atoms with E-state index < -0.39 is 53.0 Å². The molecule has 2 fully saturated rings. The highest BCUT2D eigenvalue weighted by Crippen LogP contribution is 2.43. The number of piperidine rings is 1. The van der Waals surface area contributed by atoms with Crippen LogP contribution in [0.3, 0.4) is 0 Å². The number of ether oxygens (including phenoxy) is 2. The number of hydrogen-bond acceptors (Lipinski definition) is 6. The summed E-state index contributed by atoms with van der Waals surface area (Å²) >= 11 is 0. The van der Waals surface area contributed by atoms with Crippen molar-refractivity contribution in [1.82, 2.24) is 10.2 Å². The van der Waals surface area contributed by atoms with Crippen molar-refractivity contribution in [3.8, 4) is 11.1 Å². The van der Waals surface area contributed by atoms with Crippen LogP contribution in [-0.2, 0) is 31.1 Å². The quantitative estimate of drug-likeness (QED) is 0.506. The van der Waals surface area contributed by atoms with Crippen molar-refractivity contribution in [2.75, 3.05) is 0 Å². The van der Waals surface area contributed by atoms with E-state index in [0.29, 0.717) is 23.1 Å². The molecule has 2 bridgehead atoms. The summed E-state index contributed by atoms with van der Waals surface area (Å²) < 4.78 is 26.3. The van der Waals surface area contributed by atoms with Crippen LogP contribution < -0.4 is 11.1 Å². The molecule has 0 aromatic heterocycles. The Hall–Kier alpha value is -3.95. The minimum atomic E-state index is -1.17. The number of esters is 1. The minimum Gasteiger partial charge on any atom is -0.451 e. The van der Waals surface area contributed by atoms with Crippen LogP contribution in [0.4, 0.5) is 9.18 Å². The molecule has 2 heterocycles. The number of benzene rings is 2. The van der Waals surface area contributed by atoms with E-state index >= 15 is 4.39 Å². The molecule has 9 nitrogen and oxygen atoms in total. The Morgan fingerprint density at radius 1 is 1.15 bits per heavy atom. The molecule has 2 aromatic carbocycles. The third-order valence-electron chi connectivity index (χ3n) is 8.16. The van der Waals surface area contributed by atoms with Gasteiger partial charge in [0.25, 0.3) is 0 Å². The average molecular weight is 566 g/mol. The second-order valence-electron chi connectivity index (χ2n) is 12.7. The molecular formula is C31H36FN3O6. The van der Waals surface area contributed by atoms with Crippen molar-refractivity contribution in [2.24, 2.45) is 11.7 Å². The summed E-state index contributed by atoms with van der Waals surface area (Å²) in [4.78, 5) is 52.3. The summed E-state index contributed by atoms with van der Waals surface area (Å²) in [6, 6.07) is 7.77. The number of nitrogens with zero attached hydrogens (tertiary/aromatic N) is 1. The van der Waals surface area contributed by atoms with Gasteiger partial charge in [-0.3, -0.25) is 14.5 Å². The van der Waals surface area contributed by atoms with Crippen LogP contribution in [-0.4, -0.2) is 52.5 Å². The van der Waals surface area contributed by atoms with Gasteiger partial charge in [-0.25, -0.2) is 14.0 Å². The fourth-order valence-corrected chi connectivity index (χ4v) is 6.24. The highest BCUT2D eigenvalue weighted by Gasteiger charge is 2.52. The van der Waals surface area contributed by atoms with Crippen molar-refractivity contribution >= 4 is 23.9 Å². The van der Waals surface area contributed by atoms with Crippen molar-refractivity contribution in [2.45, 2.75) is 89.6 Å². The normalized spacial score (nSPS) is 23.1. The van der Waals surface area contributed by atoms with Gasteiger partial charge >= 0.3 is 12.1 Å². The molecule has 2 aliphatic heterocycles. The largest absolute Gasteiger partial charge is 0.451 e. The summed E-state index contributed by atoms with van der Waals surface area (Å²) in [6.07, 6.45) is 1.55. The standard InChI is InChI=1S/C31H36FN3O6/c1-30(2,3)41-29(39)35-20-10-8-19(12-20)25(35)27(37)34-24(26(33)36)15-18-7-6-17(14-23(18)32)16-9-11-21-22(13-16)31(4,5)40-28(21)38/h6-7,9,11,13-14,19-20,24-25H,8,10,12,15H2,1-5H3,(H2,33,36)(H,34,37)/t19-,20?,24-,25-/m0/s1. The number of fused-ring (bicyclic) bond motifs is 3. The molecule has 2 aromatic rings. The molecule has 1 saturated carbocycles. The summed E-state index contributed by atoms with van der Waals surface area (Å²) in [6.45, 7) is 8.88. The third-order valence-corrected chi connectivity index (χ3v) is 8.16. The van der Waals surface area contributed by atoms with Gasteiger partial charge in [0.05, 0.1) is 5.56 Å². The van der Waals surface area contributed by atoms with E-state index in [2.05, 4.69) is 5.32 Å². The van der Waals surface area contributed by atoms with Crippen LogP contribution >= 0.6 is 0 Å². The first-order chi connectivity index (χ1) is 19.1. The maximum atomic E-state index is 15.3. The molecule has 218 valence electrons. The number of primary amides is 1. The maximum Gasteiger partial charge on any atom is 0.411 e. The van der Waals surface area contributed by atoms with Crippen molar-refractivity contribution in [3.63, 3.8) is 0 Å². The summed E-state index contributed by atoms with van der Waals surface area (Å²) in [5, 5.41) is 2.68. The Kier molecular flexibility index (Phi) is 7.07. The van der Waals surface area contributed by atoms with Gasteiger partial charge in [0.15, 0.2) is 0 Å². The molecule has 1 saturated heterocycles. The number of amides is 3. The third kappa shape index (κ3) is 5.52. The molecule has 10 heteroatoms. The highest BCUT2D eigenvalue weighted by molar-refractivity contribution is 5.95. The second-order valence-corrected chi connectivity index (χ2v) is 12.7. The highest BCUT2D eigenvalue weighted by atomic mass is 19.1. The average Bonchev–Trinajstić information content (AvgIpc) is 3.55. The zero-order chi connectivity index (χ0) is 29.9. The summed E-state index contributed by atoms with van der Waals surface area (Å²) in [5.74, 6) is -2.31. The minimum absolute atomic E-state index is 0.0462. The predicted octanol–water partition coefficient (Wildman–Crippen LogP) is 4.20. The van der Waals surface area contributed by atoms with Crippen LogP contribution in [0, 0.1) is 11.7 Å². The second kappa shape index (κ2) is 10.2.